The van der Waals surface area contributed by atoms with Crippen molar-refractivity contribution in [2.75, 3.05) is 65.8 Å². The van der Waals surface area contributed by atoms with E-state index in [1.54, 1.807) is 12.1 Å². The van der Waals surface area contributed by atoms with Crippen LogP contribution in [0.5, 0.6) is 0 Å². The van der Waals surface area contributed by atoms with E-state index in [1.807, 2.05) is 19.1 Å². The predicted octanol–water partition coefficient (Wildman–Crippen LogP) is 3.13. The fourth-order valence-electron chi connectivity index (χ4n) is 5.47. The predicted molar refractivity (Wildman–Crippen MR) is 157 cm³/mol. The van der Waals surface area contributed by atoms with E-state index in [1.165, 1.54) is 12.1 Å². The third kappa shape index (κ3) is 10.6. The van der Waals surface area contributed by atoms with E-state index in [2.05, 4.69) is 19.8 Å². The maximum atomic E-state index is 11.5. The molecule has 2 aromatic rings. The van der Waals surface area contributed by atoms with Crippen molar-refractivity contribution in [3.63, 3.8) is 0 Å². The molecule has 0 aromatic carbocycles. The molecule has 236 valence electrons. The molecule has 4 rings (SSSR count). The van der Waals surface area contributed by atoms with Crippen LogP contribution < -0.4 is 0 Å². The number of nitrogens with zero attached hydrogens (tertiary/aromatic N) is 4. The summed E-state index contributed by atoms with van der Waals surface area (Å²) in [4.78, 5) is 35.9. The number of carbonyl (C=O) groups is 2. The third-order valence-corrected chi connectivity index (χ3v) is 7.92. The lowest BCUT2D eigenvalue weighted by molar-refractivity contribution is -0.100. The smallest absolute Gasteiger partial charge is 0.354 e. The number of carboxylic acids is 2. The van der Waals surface area contributed by atoms with Gasteiger partial charge in [0.05, 0.1) is 63.2 Å². The lowest BCUT2D eigenvalue weighted by Crippen LogP contribution is -2.40. The van der Waals surface area contributed by atoms with E-state index >= 15 is 0 Å². The van der Waals surface area contributed by atoms with Gasteiger partial charge in [0, 0.05) is 38.8 Å². The summed E-state index contributed by atoms with van der Waals surface area (Å²) in [6, 6.07) is 10.0. The van der Waals surface area contributed by atoms with Crippen LogP contribution in [0.3, 0.4) is 0 Å². The fourth-order valence-corrected chi connectivity index (χ4v) is 5.47. The minimum atomic E-state index is -1.05. The summed E-state index contributed by atoms with van der Waals surface area (Å²) >= 11 is 0. The van der Waals surface area contributed by atoms with Crippen LogP contribution in [0.2, 0.25) is 0 Å². The van der Waals surface area contributed by atoms with Crippen molar-refractivity contribution in [3.8, 4) is 0 Å². The summed E-state index contributed by atoms with van der Waals surface area (Å²) in [7, 11) is 0. The van der Waals surface area contributed by atoms with Crippen LogP contribution in [-0.4, -0.2) is 120 Å². The molecule has 1 aliphatic carbocycles. The Hall–Kier alpha value is -3.00. The number of pyridine rings is 2. The maximum absolute atomic E-state index is 11.5. The average molecular weight is 601 g/mol. The first-order chi connectivity index (χ1) is 20.9. The van der Waals surface area contributed by atoms with Crippen LogP contribution in [0.25, 0.3) is 0 Å². The van der Waals surface area contributed by atoms with Gasteiger partial charge < -0.3 is 29.2 Å². The van der Waals surface area contributed by atoms with Gasteiger partial charge in [-0.2, -0.15) is 0 Å². The Labute approximate surface area is 252 Å². The van der Waals surface area contributed by atoms with Gasteiger partial charge in [-0.15, -0.1) is 0 Å². The molecule has 2 fully saturated rings. The van der Waals surface area contributed by atoms with Gasteiger partial charge in [0.25, 0.3) is 0 Å². The normalized spacial score (nSPS) is 23.4. The van der Waals surface area contributed by atoms with Gasteiger partial charge in [-0.05, 0) is 44.0 Å². The summed E-state index contributed by atoms with van der Waals surface area (Å²) in [5.41, 5.74) is 1.44. The van der Waals surface area contributed by atoms with Crippen LogP contribution in [0.1, 0.15) is 71.0 Å². The molecule has 3 atom stereocenters. The summed E-state index contributed by atoms with van der Waals surface area (Å²) in [6.07, 6.45) is 4.08. The molecule has 1 aliphatic heterocycles. The fraction of sp³-hybridized carbons (Fsp3) is 0.613. The Kier molecular flexibility index (Phi) is 13.3. The van der Waals surface area contributed by atoms with Crippen molar-refractivity contribution in [2.45, 2.75) is 57.4 Å². The van der Waals surface area contributed by atoms with Crippen LogP contribution in [0.15, 0.2) is 36.4 Å². The van der Waals surface area contributed by atoms with Crippen molar-refractivity contribution in [3.05, 3.63) is 59.2 Å². The molecule has 2 aliphatic rings. The molecule has 1 saturated carbocycles. The first-order valence-corrected chi connectivity index (χ1v) is 15.2. The molecule has 2 N–H and O–H groups in total. The van der Waals surface area contributed by atoms with E-state index in [-0.39, 0.29) is 29.6 Å². The third-order valence-electron chi connectivity index (χ3n) is 7.92. The zero-order valence-electron chi connectivity index (χ0n) is 24.9. The van der Waals surface area contributed by atoms with Crippen molar-refractivity contribution in [1.29, 1.82) is 0 Å². The number of aromatic nitrogens is 2. The van der Waals surface area contributed by atoms with Gasteiger partial charge in [-0.25, -0.2) is 19.6 Å². The second-order valence-electron chi connectivity index (χ2n) is 10.9. The molecule has 0 amide bonds. The number of hydrogen-bond acceptors (Lipinski definition) is 10. The molecule has 12 nitrogen and oxygen atoms in total. The minimum Gasteiger partial charge on any atom is -0.477 e. The highest BCUT2D eigenvalue weighted by molar-refractivity contribution is 5.85. The van der Waals surface area contributed by atoms with Gasteiger partial charge in [0.15, 0.2) is 0 Å². The molecule has 0 spiro atoms. The Morgan fingerprint density at radius 2 is 1.35 bits per heavy atom. The lowest BCUT2D eigenvalue weighted by atomic mass is 9.94. The number of fused-ring (bicyclic) bond motifs is 1. The van der Waals surface area contributed by atoms with Gasteiger partial charge in [0.1, 0.15) is 11.4 Å². The zero-order valence-corrected chi connectivity index (χ0v) is 24.9. The molecule has 43 heavy (non-hydrogen) atoms. The van der Waals surface area contributed by atoms with Crippen molar-refractivity contribution >= 4 is 11.9 Å². The molecular formula is C31H44N4O8. The Morgan fingerprint density at radius 3 is 2.02 bits per heavy atom. The number of rotatable bonds is 6. The maximum Gasteiger partial charge on any atom is 0.354 e. The summed E-state index contributed by atoms with van der Waals surface area (Å²) in [6.45, 7) is 7.96. The first kappa shape index (κ1) is 32.9. The van der Waals surface area contributed by atoms with Crippen molar-refractivity contribution in [1.82, 2.24) is 19.8 Å². The van der Waals surface area contributed by atoms with Crippen LogP contribution >= 0.6 is 0 Å². The van der Waals surface area contributed by atoms with Crippen molar-refractivity contribution in [2.24, 2.45) is 0 Å². The topological polar surface area (TPSA) is 144 Å². The zero-order chi connectivity index (χ0) is 30.4. The van der Waals surface area contributed by atoms with Crippen molar-refractivity contribution < 1.29 is 38.7 Å². The Morgan fingerprint density at radius 1 is 0.791 bits per heavy atom. The standard InChI is InChI=1S/C31H44N4O8/c1-23(25-7-5-9-27(33-25)31(38)39)35-14-17-41-21-20-40-16-12-34(22-24-6-4-8-26(32-24)30(36)37)13-18-42-28-10-2-3-11-29(28)43-19-15-35/h4-9,23,28-29H,2-3,10-22H2,1H3,(H,36,37)(H,38,39). The Balaban J connectivity index is 1.39. The van der Waals surface area contributed by atoms with E-state index in [9.17, 15) is 19.8 Å². The summed E-state index contributed by atoms with van der Waals surface area (Å²) in [5, 5.41) is 18.7. The Bertz CT molecular complexity index is 1170. The number of carboxylic acid groups (broad SMARTS) is 2. The second kappa shape index (κ2) is 17.3. The number of ether oxygens (including phenoxy) is 4. The highest BCUT2D eigenvalue weighted by atomic mass is 16.5. The van der Waals surface area contributed by atoms with Gasteiger partial charge in [0.2, 0.25) is 0 Å². The lowest BCUT2D eigenvalue weighted by Gasteiger charge is -2.34. The molecule has 0 radical (unpaired) electrons. The number of aromatic carboxylic acids is 2. The molecular weight excluding hydrogens is 556 g/mol. The quantitative estimate of drug-likeness (QED) is 0.503. The molecule has 12 heteroatoms. The molecule has 0 bridgehead atoms. The van der Waals surface area contributed by atoms with E-state index in [0.717, 1.165) is 25.7 Å². The highest BCUT2D eigenvalue weighted by Crippen LogP contribution is 2.25. The second-order valence-corrected chi connectivity index (χ2v) is 10.9. The molecule has 3 heterocycles. The van der Waals surface area contributed by atoms with Gasteiger partial charge in [-0.3, -0.25) is 9.80 Å². The number of hydrogen-bond donors (Lipinski definition) is 2. The monoisotopic (exact) mass is 600 g/mol. The van der Waals surface area contributed by atoms with E-state index in [0.29, 0.717) is 83.8 Å². The summed E-state index contributed by atoms with van der Waals surface area (Å²) in [5.74, 6) is -2.09. The van der Waals surface area contributed by atoms with Crippen LogP contribution in [0.4, 0.5) is 0 Å². The SMILES string of the molecule is CC(c1cccc(C(=O)O)n1)N1CCOCCOCCN(Cc2cccc(C(=O)O)n2)CCOC2CCCCC2OCC1. The largest absolute Gasteiger partial charge is 0.477 e. The first-order valence-electron chi connectivity index (χ1n) is 15.2. The molecule has 1 saturated heterocycles. The van der Waals surface area contributed by atoms with E-state index in [4.69, 9.17) is 18.9 Å². The molecule has 3 unspecified atom stereocenters. The van der Waals surface area contributed by atoms with E-state index < -0.39 is 11.9 Å². The van der Waals surface area contributed by atoms with Gasteiger partial charge in [-0.1, -0.05) is 25.0 Å². The van der Waals surface area contributed by atoms with Crippen LogP contribution in [0, 0.1) is 0 Å². The average Bonchev–Trinajstić information content (AvgIpc) is 3.01. The minimum absolute atomic E-state index is 0.000186. The van der Waals surface area contributed by atoms with Crippen LogP contribution in [-0.2, 0) is 25.5 Å². The molecule has 2 aromatic heterocycles. The van der Waals surface area contributed by atoms with Gasteiger partial charge >= 0.3 is 11.9 Å². The summed E-state index contributed by atoms with van der Waals surface area (Å²) < 4.78 is 24.5. The highest BCUT2D eigenvalue weighted by Gasteiger charge is 2.27.